The number of esters is 1. The van der Waals surface area contributed by atoms with E-state index in [4.69, 9.17) is 13.9 Å². The van der Waals surface area contributed by atoms with Crippen LogP contribution in [-0.4, -0.2) is 50.4 Å². The van der Waals surface area contributed by atoms with Crippen molar-refractivity contribution >= 4 is 14.3 Å². The van der Waals surface area contributed by atoms with Crippen LogP contribution in [0.15, 0.2) is 0 Å². The highest BCUT2D eigenvalue weighted by molar-refractivity contribution is 6.74. The van der Waals surface area contributed by atoms with E-state index in [-0.39, 0.29) is 23.7 Å². The van der Waals surface area contributed by atoms with Crippen LogP contribution in [0.25, 0.3) is 0 Å². The molecule has 0 spiro atoms. The van der Waals surface area contributed by atoms with E-state index in [1.54, 1.807) is 6.92 Å². The van der Waals surface area contributed by atoms with Gasteiger partial charge in [-0.05, 0) is 37.9 Å². The van der Waals surface area contributed by atoms with Crippen LogP contribution < -0.4 is 0 Å². The Morgan fingerprint density at radius 1 is 1.36 bits per heavy atom. The van der Waals surface area contributed by atoms with E-state index in [1.807, 2.05) is 6.92 Å². The number of ether oxygens (including phenoxy) is 2. The zero-order chi connectivity index (χ0) is 17.2. The van der Waals surface area contributed by atoms with Gasteiger partial charge in [-0.1, -0.05) is 27.7 Å². The lowest BCUT2D eigenvalue weighted by molar-refractivity contribution is -0.154. The molecule has 1 N–H and O–H groups in total. The Kier molecular flexibility index (Phi) is 6.23. The number of hydrogen-bond acceptors (Lipinski definition) is 5. The molecular formula is C16H32O5Si. The molecule has 5 nitrogen and oxygen atoms in total. The Morgan fingerprint density at radius 3 is 2.32 bits per heavy atom. The molecule has 0 aliphatic carbocycles. The number of aliphatic hydroxyl groups excluding tert-OH is 1. The second-order valence-electron chi connectivity index (χ2n) is 7.41. The van der Waals surface area contributed by atoms with E-state index in [1.165, 1.54) is 0 Å². The van der Waals surface area contributed by atoms with Crippen molar-refractivity contribution in [1.29, 1.82) is 0 Å². The average Bonchev–Trinajstić information content (AvgIpc) is 3.12. The van der Waals surface area contributed by atoms with Gasteiger partial charge in [0.25, 0.3) is 0 Å². The first-order chi connectivity index (χ1) is 10.1. The molecule has 1 aliphatic rings. The van der Waals surface area contributed by atoms with Crippen molar-refractivity contribution in [3.8, 4) is 0 Å². The van der Waals surface area contributed by atoms with Gasteiger partial charge in [-0.15, -0.1) is 0 Å². The highest BCUT2D eigenvalue weighted by Gasteiger charge is 2.68. The fourth-order valence-electron chi connectivity index (χ4n) is 2.44. The summed E-state index contributed by atoms with van der Waals surface area (Å²) in [4.78, 5) is 12.5. The van der Waals surface area contributed by atoms with Gasteiger partial charge in [0.05, 0.1) is 12.7 Å². The van der Waals surface area contributed by atoms with E-state index in [0.29, 0.717) is 13.0 Å². The molecule has 1 heterocycles. The molecule has 0 saturated carbocycles. The van der Waals surface area contributed by atoms with Gasteiger partial charge in [0.1, 0.15) is 6.10 Å². The number of rotatable bonds is 8. The lowest BCUT2D eigenvalue weighted by Crippen LogP contribution is -2.52. The summed E-state index contributed by atoms with van der Waals surface area (Å²) >= 11 is 0. The average molecular weight is 333 g/mol. The standard InChI is InChI=1S/C16H32O5Si/c1-8-12-16(20-12,14(18)19-9-2)13(10-11-17)21-22(6,7)15(3,4)5/h12-13,17H,8-11H2,1-7H3/t12-,13+,16+/m0/s1. The van der Waals surface area contributed by atoms with Crippen molar-refractivity contribution in [3.05, 3.63) is 0 Å². The molecule has 22 heavy (non-hydrogen) atoms. The molecule has 0 unspecified atom stereocenters. The molecule has 0 aromatic heterocycles. The highest BCUT2D eigenvalue weighted by atomic mass is 28.4. The van der Waals surface area contributed by atoms with Crippen LogP contribution in [0.5, 0.6) is 0 Å². The number of aliphatic hydroxyl groups is 1. The summed E-state index contributed by atoms with van der Waals surface area (Å²) in [6, 6.07) is 0. The first kappa shape index (κ1) is 19.6. The van der Waals surface area contributed by atoms with E-state index < -0.39 is 20.0 Å². The highest BCUT2D eigenvalue weighted by Crippen LogP contribution is 2.48. The van der Waals surface area contributed by atoms with Gasteiger partial charge in [-0.2, -0.15) is 0 Å². The number of carbonyl (C=O) groups is 1. The maximum atomic E-state index is 12.5. The van der Waals surface area contributed by atoms with Crippen molar-refractivity contribution in [1.82, 2.24) is 0 Å². The smallest absolute Gasteiger partial charge is 0.343 e. The predicted molar refractivity (Wildman–Crippen MR) is 88.3 cm³/mol. The quantitative estimate of drug-likeness (QED) is 0.420. The second-order valence-corrected chi connectivity index (χ2v) is 12.2. The van der Waals surface area contributed by atoms with Crippen molar-refractivity contribution in [2.45, 2.75) is 83.4 Å². The third-order valence-electron chi connectivity index (χ3n) is 4.84. The first-order valence-corrected chi connectivity index (χ1v) is 11.1. The Bertz CT molecular complexity index is 390. The van der Waals surface area contributed by atoms with Gasteiger partial charge in [-0.25, -0.2) is 4.79 Å². The van der Waals surface area contributed by atoms with Crippen molar-refractivity contribution in [2.24, 2.45) is 0 Å². The van der Waals surface area contributed by atoms with Gasteiger partial charge in [-0.3, -0.25) is 0 Å². The van der Waals surface area contributed by atoms with Gasteiger partial charge in [0.15, 0.2) is 8.32 Å². The van der Waals surface area contributed by atoms with Gasteiger partial charge >= 0.3 is 5.97 Å². The van der Waals surface area contributed by atoms with Crippen LogP contribution in [0, 0.1) is 0 Å². The summed E-state index contributed by atoms with van der Waals surface area (Å²) in [6.45, 7) is 14.8. The molecule has 0 aromatic carbocycles. The number of carbonyl (C=O) groups excluding carboxylic acids is 1. The minimum Gasteiger partial charge on any atom is -0.464 e. The maximum Gasteiger partial charge on any atom is 0.343 e. The molecule has 0 radical (unpaired) electrons. The monoisotopic (exact) mass is 332 g/mol. The fraction of sp³-hybridized carbons (Fsp3) is 0.938. The summed E-state index contributed by atoms with van der Waals surface area (Å²) in [5.41, 5.74) is -1.04. The van der Waals surface area contributed by atoms with Crippen LogP contribution in [0.4, 0.5) is 0 Å². The minimum absolute atomic E-state index is 0.0210. The Hall–Kier alpha value is -0.433. The van der Waals surface area contributed by atoms with Gasteiger partial charge in [0, 0.05) is 6.61 Å². The van der Waals surface area contributed by atoms with Crippen LogP contribution >= 0.6 is 0 Å². The summed E-state index contributed by atoms with van der Waals surface area (Å²) in [7, 11) is -2.09. The molecule has 3 atom stereocenters. The SMILES string of the molecule is CCOC(=O)[C@@]1([C@@H](CCO)O[Si](C)(C)C(C)(C)C)O[C@H]1CC. The van der Waals surface area contributed by atoms with Crippen molar-refractivity contribution in [2.75, 3.05) is 13.2 Å². The van der Waals surface area contributed by atoms with Crippen molar-refractivity contribution in [3.63, 3.8) is 0 Å². The van der Waals surface area contributed by atoms with Gasteiger partial charge < -0.3 is 19.0 Å². The zero-order valence-corrected chi connectivity index (χ0v) is 16.1. The minimum atomic E-state index is -2.09. The fourth-order valence-corrected chi connectivity index (χ4v) is 3.79. The Balaban J connectivity index is 3.04. The molecule has 0 aromatic rings. The maximum absolute atomic E-state index is 12.5. The third kappa shape index (κ3) is 3.72. The summed E-state index contributed by atoms with van der Waals surface area (Å²) < 4.78 is 17.4. The molecule has 6 heteroatoms. The molecular weight excluding hydrogens is 300 g/mol. The summed E-state index contributed by atoms with van der Waals surface area (Å²) in [5.74, 6) is -0.362. The topological polar surface area (TPSA) is 68.3 Å². The molecule has 1 aliphatic heterocycles. The summed E-state index contributed by atoms with van der Waals surface area (Å²) in [5, 5.41) is 9.45. The molecule has 0 bridgehead atoms. The van der Waals surface area contributed by atoms with Crippen molar-refractivity contribution < 1.29 is 23.8 Å². The summed E-state index contributed by atoms with van der Waals surface area (Å²) in [6.07, 6.45) is 0.457. The predicted octanol–water partition coefficient (Wildman–Crippen LogP) is 2.87. The lowest BCUT2D eigenvalue weighted by Gasteiger charge is -2.40. The van der Waals surface area contributed by atoms with E-state index in [9.17, 15) is 9.90 Å². The Morgan fingerprint density at radius 2 is 1.95 bits per heavy atom. The molecule has 1 fully saturated rings. The van der Waals surface area contributed by atoms with Crippen LogP contribution in [-0.2, 0) is 18.7 Å². The third-order valence-corrected chi connectivity index (χ3v) is 9.32. The largest absolute Gasteiger partial charge is 0.464 e. The number of epoxide rings is 1. The molecule has 0 amide bonds. The first-order valence-electron chi connectivity index (χ1n) is 8.20. The van der Waals surface area contributed by atoms with E-state index in [0.717, 1.165) is 6.42 Å². The molecule has 1 saturated heterocycles. The zero-order valence-electron chi connectivity index (χ0n) is 15.1. The van der Waals surface area contributed by atoms with Crippen LogP contribution in [0.3, 0.4) is 0 Å². The number of hydrogen-bond donors (Lipinski definition) is 1. The van der Waals surface area contributed by atoms with Gasteiger partial charge in [0.2, 0.25) is 5.60 Å². The van der Waals surface area contributed by atoms with E-state index in [2.05, 4.69) is 33.9 Å². The van der Waals surface area contributed by atoms with Crippen LogP contribution in [0.2, 0.25) is 18.1 Å². The van der Waals surface area contributed by atoms with E-state index >= 15 is 0 Å². The molecule has 130 valence electrons. The second kappa shape index (κ2) is 6.99. The molecule has 1 rings (SSSR count). The Labute approximate surface area is 135 Å². The lowest BCUT2D eigenvalue weighted by atomic mass is 9.94. The van der Waals surface area contributed by atoms with Crippen LogP contribution in [0.1, 0.15) is 47.5 Å². The normalized spacial score (nSPS) is 26.6.